The Hall–Kier alpha value is -2.27. The monoisotopic (exact) mass is 502 g/mol. The molecule has 0 unspecified atom stereocenters. The van der Waals surface area contributed by atoms with Crippen LogP contribution in [0.4, 0.5) is 0 Å². The molecular weight excluding hydrogens is 472 g/mol. The highest BCUT2D eigenvalue weighted by molar-refractivity contribution is 7.88. The third kappa shape index (κ3) is 4.77. The largest absolute Gasteiger partial charge is 0.491 e. The van der Waals surface area contributed by atoms with Crippen molar-refractivity contribution in [1.29, 1.82) is 0 Å². The number of fused-ring (bicyclic) bond motifs is 1. The molecule has 1 saturated carbocycles. The van der Waals surface area contributed by atoms with Crippen molar-refractivity contribution in [3.63, 3.8) is 0 Å². The second-order valence-electron chi connectivity index (χ2n) is 9.48. The van der Waals surface area contributed by atoms with E-state index in [-0.39, 0.29) is 11.6 Å². The maximum Gasteiger partial charge on any atom is 0.259 e. The number of thiophene rings is 1. The second-order valence-corrected chi connectivity index (χ2v) is 12.6. The quantitative estimate of drug-likeness (QED) is 0.494. The minimum atomic E-state index is -3.18. The first-order chi connectivity index (χ1) is 16.2. The van der Waals surface area contributed by atoms with Gasteiger partial charge in [-0.05, 0) is 37.8 Å². The summed E-state index contributed by atoms with van der Waals surface area (Å²) in [5, 5.41) is 0.701. The van der Waals surface area contributed by atoms with Gasteiger partial charge in [0.2, 0.25) is 10.0 Å². The zero-order chi connectivity index (χ0) is 24.0. The van der Waals surface area contributed by atoms with Gasteiger partial charge in [-0.25, -0.2) is 8.42 Å². The predicted octanol–water partition coefficient (Wildman–Crippen LogP) is 2.92. The highest BCUT2D eigenvalue weighted by Crippen LogP contribution is 2.39. The SMILES string of the molecule is C[C@@H]1CN(S(C)(=O)=O)CCN1Cc1cc2c(=O)n(C)cc(-c3ccncc3OCC3CC3)c2s1. The molecule has 0 aromatic carbocycles. The van der Waals surface area contributed by atoms with Crippen LogP contribution in [0.3, 0.4) is 0 Å². The van der Waals surface area contributed by atoms with E-state index in [1.807, 2.05) is 18.3 Å². The minimum absolute atomic E-state index is 0.0225. The van der Waals surface area contributed by atoms with Crippen molar-refractivity contribution in [1.82, 2.24) is 18.8 Å². The zero-order valence-corrected chi connectivity index (χ0v) is 21.4. The van der Waals surface area contributed by atoms with E-state index in [1.165, 1.54) is 19.1 Å². The Morgan fingerprint density at radius 2 is 2.03 bits per heavy atom. The summed E-state index contributed by atoms with van der Waals surface area (Å²) in [7, 11) is -1.41. The average Bonchev–Trinajstić information content (AvgIpc) is 3.53. The minimum Gasteiger partial charge on any atom is -0.491 e. The molecule has 182 valence electrons. The fourth-order valence-corrected chi connectivity index (χ4v) is 6.58. The van der Waals surface area contributed by atoms with Crippen LogP contribution >= 0.6 is 11.3 Å². The molecule has 8 nitrogen and oxygen atoms in total. The smallest absolute Gasteiger partial charge is 0.259 e. The lowest BCUT2D eigenvalue weighted by Gasteiger charge is -2.38. The Bertz CT molecular complexity index is 1380. The maximum atomic E-state index is 13.0. The van der Waals surface area contributed by atoms with E-state index in [0.717, 1.165) is 26.5 Å². The molecule has 34 heavy (non-hydrogen) atoms. The molecule has 1 atom stereocenters. The Labute approximate surface area is 203 Å². The van der Waals surface area contributed by atoms with Gasteiger partial charge in [0.05, 0.1) is 24.4 Å². The molecule has 0 bridgehead atoms. The molecule has 1 saturated heterocycles. The number of pyridine rings is 2. The van der Waals surface area contributed by atoms with Gasteiger partial charge in [-0.15, -0.1) is 11.3 Å². The summed E-state index contributed by atoms with van der Waals surface area (Å²) in [6.07, 6.45) is 9.09. The first kappa shape index (κ1) is 23.5. The summed E-state index contributed by atoms with van der Waals surface area (Å²) in [5.74, 6) is 1.38. The summed E-state index contributed by atoms with van der Waals surface area (Å²) in [6.45, 7) is 5.06. The molecule has 3 aromatic heterocycles. The lowest BCUT2D eigenvalue weighted by Crippen LogP contribution is -2.52. The topological polar surface area (TPSA) is 84.7 Å². The molecule has 5 rings (SSSR count). The van der Waals surface area contributed by atoms with E-state index < -0.39 is 10.0 Å². The molecule has 1 aliphatic carbocycles. The fourth-order valence-electron chi connectivity index (χ4n) is 4.48. The van der Waals surface area contributed by atoms with Gasteiger partial charge >= 0.3 is 0 Å². The molecule has 0 radical (unpaired) electrons. The Morgan fingerprint density at radius 3 is 2.74 bits per heavy atom. The molecule has 0 amide bonds. The Kier molecular flexibility index (Phi) is 6.26. The number of piperazine rings is 1. The predicted molar refractivity (Wildman–Crippen MR) is 135 cm³/mol. The van der Waals surface area contributed by atoms with Crippen LogP contribution in [0.25, 0.3) is 21.2 Å². The normalized spacial score (nSPS) is 20.1. The van der Waals surface area contributed by atoms with Crippen molar-refractivity contribution in [2.24, 2.45) is 13.0 Å². The molecule has 2 aliphatic rings. The van der Waals surface area contributed by atoms with Crippen molar-refractivity contribution >= 4 is 31.4 Å². The van der Waals surface area contributed by atoms with Crippen LogP contribution in [0.1, 0.15) is 24.6 Å². The van der Waals surface area contributed by atoms with Crippen molar-refractivity contribution in [3.05, 3.63) is 46.0 Å². The Balaban J connectivity index is 1.47. The number of hydrogen-bond acceptors (Lipinski definition) is 7. The van der Waals surface area contributed by atoms with E-state index in [1.54, 1.807) is 39.7 Å². The van der Waals surface area contributed by atoms with E-state index in [2.05, 4.69) is 16.8 Å². The van der Waals surface area contributed by atoms with Gasteiger partial charge in [0.25, 0.3) is 5.56 Å². The third-order valence-electron chi connectivity index (χ3n) is 6.70. The second kappa shape index (κ2) is 9.07. The van der Waals surface area contributed by atoms with Crippen LogP contribution in [0.15, 0.2) is 35.5 Å². The number of aromatic nitrogens is 2. The number of hydrogen-bond donors (Lipinski definition) is 0. The van der Waals surface area contributed by atoms with Crippen molar-refractivity contribution in [2.45, 2.75) is 32.4 Å². The van der Waals surface area contributed by atoms with Gasteiger partial charge in [0, 0.05) is 72.4 Å². The van der Waals surface area contributed by atoms with Gasteiger partial charge in [-0.3, -0.25) is 14.7 Å². The van der Waals surface area contributed by atoms with Gasteiger partial charge in [-0.1, -0.05) is 0 Å². The maximum absolute atomic E-state index is 13.0. The van der Waals surface area contributed by atoms with Crippen molar-refractivity contribution in [3.8, 4) is 16.9 Å². The average molecular weight is 503 g/mol. The van der Waals surface area contributed by atoms with E-state index >= 15 is 0 Å². The van der Waals surface area contributed by atoms with Crippen molar-refractivity contribution in [2.75, 3.05) is 32.5 Å². The van der Waals surface area contributed by atoms with Gasteiger partial charge in [0.1, 0.15) is 5.75 Å². The summed E-state index contributed by atoms with van der Waals surface area (Å²) in [6, 6.07) is 4.04. The molecule has 2 fully saturated rings. The van der Waals surface area contributed by atoms with E-state index in [9.17, 15) is 13.2 Å². The number of rotatable bonds is 7. The fraction of sp³-hybridized carbons (Fsp3) is 0.500. The van der Waals surface area contributed by atoms with Crippen molar-refractivity contribution < 1.29 is 13.2 Å². The van der Waals surface area contributed by atoms with E-state index in [4.69, 9.17) is 4.74 Å². The molecule has 4 heterocycles. The number of ether oxygens (including phenoxy) is 1. The van der Waals surface area contributed by atoms with Crippen LogP contribution in [0, 0.1) is 5.92 Å². The summed E-state index contributed by atoms with van der Waals surface area (Å²) in [5.41, 5.74) is 1.89. The zero-order valence-electron chi connectivity index (χ0n) is 19.7. The first-order valence-electron chi connectivity index (χ1n) is 11.6. The molecular formula is C24H30N4O4S2. The molecule has 10 heteroatoms. The van der Waals surface area contributed by atoms with E-state index in [0.29, 0.717) is 44.1 Å². The summed E-state index contributed by atoms with van der Waals surface area (Å²) in [4.78, 5) is 20.6. The standard InChI is InChI=1S/C24H30N4O4S2/c1-16-12-28(34(3,30)31)9-8-27(16)13-18-10-20-23(33-18)21(14-26(2)24(20)29)19-6-7-25-11-22(19)32-15-17-4-5-17/h6-7,10-11,14,16-17H,4-5,8-9,12-13,15H2,1-3H3/t16-/m1/s1. The highest BCUT2D eigenvalue weighted by Gasteiger charge is 2.29. The summed E-state index contributed by atoms with van der Waals surface area (Å²) >= 11 is 1.63. The van der Waals surface area contributed by atoms with Gasteiger partial charge in [0.15, 0.2) is 0 Å². The molecule has 3 aromatic rings. The highest BCUT2D eigenvalue weighted by atomic mass is 32.2. The van der Waals surface area contributed by atoms with Crippen LogP contribution in [-0.4, -0.2) is 65.7 Å². The molecule has 0 spiro atoms. The van der Waals surface area contributed by atoms with Crippen LogP contribution < -0.4 is 10.3 Å². The summed E-state index contributed by atoms with van der Waals surface area (Å²) < 4.78 is 34.1. The lowest BCUT2D eigenvalue weighted by atomic mass is 10.1. The van der Waals surface area contributed by atoms with Crippen LogP contribution in [0.5, 0.6) is 5.75 Å². The van der Waals surface area contributed by atoms with Crippen LogP contribution in [-0.2, 0) is 23.6 Å². The molecule has 0 N–H and O–H groups in total. The Morgan fingerprint density at radius 1 is 1.24 bits per heavy atom. The van der Waals surface area contributed by atoms with Gasteiger partial charge in [-0.2, -0.15) is 4.31 Å². The first-order valence-corrected chi connectivity index (χ1v) is 14.3. The number of aryl methyl sites for hydroxylation is 1. The molecule has 1 aliphatic heterocycles. The van der Waals surface area contributed by atoms with Crippen LogP contribution in [0.2, 0.25) is 0 Å². The number of nitrogens with zero attached hydrogens (tertiary/aromatic N) is 4. The van der Waals surface area contributed by atoms with Gasteiger partial charge < -0.3 is 9.30 Å². The third-order valence-corrected chi connectivity index (χ3v) is 9.13. The number of sulfonamides is 1. The lowest BCUT2D eigenvalue weighted by molar-refractivity contribution is 0.123.